The summed E-state index contributed by atoms with van der Waals surface area (Å²) in [6.07, 6.45) is 0.0901. The van der Waals surface area contributed by atoms with E-state index in [0.717, 1.165) is 4.90 Å². The van der Waals surface area contributed by atoms with E-state index < -0.39 is 10.8 Å². The minimum absolute atomic E-state index is 0.0210. The van der Waals surface area contributed by atoms with Gasteiger partial charge in [0.1, 0.15) is 0 Å². The Morgan fingerprint density at radius 3 is 2.42 bits per heavy atom. The minimum Gasteiger partial charge on any atom is -0.369 e. The van der Waals surface area contributed by atoms with Crippen molar-refractivity contribution < 1.29 is 14.5 Å². The molecule has 3 N–H and O–H groups in total. The first-order valence-electron chi connectivity index (χ1n) is 6.99. The number of nitrogens with two attached hydrogens (primary N) is 1. The van der Waals surface area contributed by atoms with Crippen LogP contribution in [0.3, 0.4) is 0 Å². The van der Waals surface area contributed by atoms with Crippen LogP contribution >= 0.6 is 11.8 Å². The van der Waals surface area contributed by atoms with Crippen LogP contribution in [0.5, 0.6) is 0 Å². The molecule has 24 heavy (non-hydrogen) atoms. The Morgan fingerprint density at radius 1 is 1.12 bits per heavy atom. The predicted octanol–water partition coefficient (Wildman–Crippen LogP) is 2.35. The zero-order valence-corrected chi connectivity index (χ0v) is 13.4. The first kappa shape index (κ1) is 17.5. The Labute approximate surface area is 142 Å². The number of benzene rings is 2. The Hall–Kier alpha value is -2.87. The molecular weight excluding hydrogens is 330 g/mol. The zero-order valence-electron chi connectivity index (χ0n) is 12.6. The lowest BCUT2D eigenvalue weighted by Crippen LogP contribution is -2.16. The maximum Gasteiger partial charge on any atom is 0.269 e. The molecule has 0 radical (unpaired) electrons. The first-order valence-corrected chi connectivity index (χ1v) is 7.97. The molecule has 0 aromatic heterocycles. The maximum absolute atomic E-state index is 12.1. The van der Waals surface area contributed by atoms with Gasteiger partial charge in [-0.1, -0.05) is 24.3 Å². The van der Waals surface area contributed by atoms with E-state index in [4.69, 9.17) is 5.73 Å². The number of carbonyl (C=O) groups is 2. The smallest absolute Gasteiger partial charge is 0.269 e. The molecule has 7 nitrogen and oxygen atoms in total. The highest BCUT2D eigenvalue weighted by Crippen LogP contribution is 2.26. The third-order valence-corrected chi connectivity index (χ3v) is 4.14. The van der Waals surface area contributed by atoms with E-state index >= 15 is 0 Å². The number of primary amides is 1. The fourth-order valence-corrected chi connectivity index (χ4v) is 2.71. The largest absolute Gasteiger partial charge is 0.369 e. The number of para-hydroxylation sites is 1. The van der Waals surface area contributed by atoms with Crippen LogP contribution < -0.4 is 11.1 Å². The van der Waals surface area contributed by atoms with Crippen LogP contribution in [0.15, 0.2) is 53.4 Å². The molecule has 0 aliphatic heterocycles. The van der Waals surface area contributed by atoms with Crippen LogP contribution in [-0.4, -0.2) is 22.5 Å². The number of amides is 2. The molecule has 0 saturated carbocycles. The van der Waals surface area contributed by atoms with Crippen LogP contribution in [0, 0.1) is 10.1 Å². The van der Waals surface area contributed by atoms with Crippen LogP contribution in [0.25, 0.3) is 0 Å². The molecule has 2 aromatic carbocycles. The van der Waals surface area contributed by atoms with Gasteiger partial charge in [0.25, 0.3) is 5.69 Å². The summed E-state index contributed by atoms with van der Waals surface area (Å²) >= 11 is 1.24. The van der Waals surface area contributed by atoms with Crippen LogP contribution in [0.1, 0.15) is 5.56 Å². The number of nitrogens with zero attached hydrogens (tertiary/aromatic N) is 1. The van der Waals surface area contributed by atoms with Gasteiger partial charge in [0.15, 0.2) is 0 Å². The van der Waals surface area contributed by atoms with E-state index in [1.165, 1.54) is 23.9 Å². The van der Waals surface area contributed by atoms with Gasteiger partial charge in [0.2, 0.25) is 11.8 Å². The second kappa shape index (κ2) is 8.11. The molecule has 0 atom stereocenters. The first-order chi connectivity index (χ1) is 11.5. The fraction of sp³-hybridized carbons (Fsp3) is 0.125. The monoisotopic (exact) mass is 345 g/mol. The molecule has 0 fully saturated rings. The SMILES string of the molecule is NC(=O)CSc1ccccc1NC(=O)Cc1ccc([N+](=O)[O-])cc1. The number of carbonyl (C=O) groups excluding carboxylic acids is 2. The molecule has 2 rings (SSSR count). The van der Waals surface area contributed by atoms with Gasteiger partial charge in [-0.25, -0.2) is 0 Å². The second-order valence-electron chi connectivity index (χ2n) is 4.90. The molecule has 0 aliphatic rings. The molecular formula is C16H15N3O4S. The number of hydrogen-bond donors (Lipinski definition) is 2. The lowest BCUT2D eigenvalue weighted by molar-refractivity contribution is -0.384. The summed E-state index contributed by atoms with van der Waals surface area (Å²) in [7, 11) is 0. The average Bonchev–Trinajstić information content (AvgIpc) is 2.54. The molecule has 0 bridgehead atoms. The van der Waals surface area contributed by atoms with Gasteiger partial charge in [0, 0.05) is 17.0 Å². The van der Waals surface area contributed by atoms with Crippen molar-refractivity contribution in [3.05, 3.63) is 64.2 Å². The molecule has 2 amide bonds. The Balaban J connectivity index is 2.01. The van der Waals surface area contributed by atoms with E-state index in [1.54, 1.807) is 36.4 Å². The number of nitrogens with one attached hydrogen (secondary N) is 1. The van der Waals surface area contributed by atoms with Crippen molar-refractivity contribution in [3.63, 3.8) is 0 Å². The molecule has 2 aromatic rings. The third kappa shape index (κ3) is 5.10. The average molecular weight is 345 g/mol. The van der Waals surface area contributed by atoms with Crippen molar-refractivity contribution >= 4 is 35.0 Å². The van der Waals surface area contributed by atoms with Crippen LogP contribution in [0.2, 0.25) is 0 Å². The number of non-ortho nitro benzene ring substituents is 1. The van der Waals surface area contributed by atoms with Crippen molar-refractivity contribution in [2.75, 3.05) is 11.1 Å². The highest BCUT2D eigenvalue weighted by Gasteiger charge is 2.10. The van der Waals surface area contributed by atoms with Gasteiger partial charge in [-0.3, -0.25) is 19.7 Å². The summed E-state index contributed by atoms with van der Waals surface area (Å²) in [4.78, 5) is 33.9. The van der Waals surface area contributed by atoms with E-state index in [-0.39, 0.29) is 23.8 Å². The van der Waals surface area contributed by atoms with Crippen molar-refractivity contribution in [3.8, 4) is 0 Å². The zero-order chi connectivity index (χ0) is 17.5. The van der Waals surface area contributed by atoms with E-state index in [2.05, 4.69) is 5.32 Å². The minimum atomic E-state index is -0.490. The number of nitro benzene ring substituents is 1. The molecule has 0 saturated heterocycles. The normalized spacial score (nSPS) is 10.2. The van der Waals surface area contributed by atoms with Crippen molar-refractivity contribution in [2.24, 2.45) is 5.73 Å². The Morgan fingerprint density at radius 2 is 1.79 bits per heavy atom. The van der Waals surface area contributed by atoms with Gasteiger partial charge < -0.3 is 11.1 Å². The van der Waals surface area contributed by atoms with Gasteiger partial charge in [-0.05, 0) is 17.7 Å². The summed E-state index contributed by atoms with van der Waals surface area (Å²) < 4.78 is 0. The Bertz CT molecular complexity index is 762. The number of anilines is 1. The van der Waals surface area contributed by atoms with E-state index in [9.17, 15) is 19.7 Å². The predicted molar refractivity (Wildman–Crippen MR) is 91.8 cm³/mol. The van der Waals surface area contributed by atoms with E-state index in [0.29, 0.717) is 11.3 Å². The summed E-state index contributed by atoms with van der Waals surface area (Å²) in [6, 6.07) is 12.9. The van der Waals surface area contributed by atoms with Gasteiger partial charge in [-0.2, -0.15) is 0 Å². The maximum atomic E-state index is 12.1. The molecule has 8 heteroatoms. The summed E-state index contributed by atoms with van der Waals surface area (Å²) in [5, 5.41) is 13.4. The summed E-state index contributed by atoms with van der Waals surface area (Å²) in [5.41, 5.74) is 6.37. The topological polar surface area (TPSA) is 115 Å². The number of nitro groups is 1. The standard InChI is InChI=1S/C16H15N3O4S/c17-15(20)10-24-14-4-2-1-3-13(14)18-16(21)9-11-5-7-12(8-6-11)19(22)23/h1-8H,9-10H2,(H2,17,20)(H,18,21). The quantitative estimate of drug-likeness (QED) is 0.454. The number of hydrogen-bond acceptors (Lipinski definition) is 5. The number of rotatable bonds is 7. The Kier molecular flexibility index (Phi) is 5.91. The molecule has 0 heterocycles. The van der Waals surface area contributed by atoms with E-state index in [1.807, 2.05) is 0 Å². The van der Waals surface area contributed by atoms with Gasteiger partial charge in [-0.15, -0.1) is 11.8 Å². The highest BCUT2D eigenvalue weighted by atomic mass is 32.2. The fourth-order valence-electron chi connectivity index (χ4n) is 1.96. The molecule has 0 unspecified atom stereocenters. The number of thioether (sulfide) groups is 1. The van der Waals surface area contributed by atoms with Crippen LogP contribution in [0.4, 0.5) is 11.4 Å². The lowest BCUT2D eigenvalue weighted by atomic mass is 10.1. The van der Waals surface area contributed by atoms with Crippen LogP contribution in [-0.2, 0) is 16.0 Å². The lowest BCUT2D eigenvalue weighted by Gasteiger charge is -2.10. The molecule has 0 spiro atoms. The molecule has 124 valence electrons. The van der Waals surface area contributed by atoms with Gasteiger partial charge in [0.05, 0.1) is 22.8 Å². The third-order valence-electron chi connectivity index (χ3n) is 3.04. The molecule has 0 aliphatic carbocycles. The van der Waals surface area contributed by atoms with Crippen molar-refractivity contribution in [1.29, 1.82) is 0 Å². The summed E-state index contributed by atoms with van der Waals surface area (Å²) in [5.74, 6) is -0.571. The summed E-state index contributed by atoms with van der Waals surface area (Å²) in [6.45, 7) is 0. The highest BCUT2D eigenvalue weighted by molar-refractivity contribution is 8.00. The second-order valence-corrected chi connectivity index (χ2v) is 5.92. The van der Waals surface area contributed by atoms with Gasteiger partial charge >= 0.3 is 0 Å². The van der Waals surface area contributed by atoms with Crippen molar-refractivity contribution in [1.82, 2.24) is 0 Å². The van der Waals surface area contributed by atoms with Crippen molar-refractivity contribution in [2.45, 2.75) is 11.3 Å².